The van der Waals surface area contributed by atoms with Crippen molar-refractivity contribution in [3.63, 3.8) is 0 Å². The van der Waals surface area contributed by atoms with Gasteiger partial charge < -0.3 is 9.47 Å². The van der Waals surface area contributed by atoms with Crippen LogP contribution in [0.2, 0.25) is 0 Å². The minimum Gasteiger partial charge on any atom is -0.428 e. The highest BCUT2D eigenvalue weighted by atomic mass is 32.2. The number of halogens is 1. The van der Waals surface area contributed by atoms with Gasteiger partial charge in [0.25, 0.3) is 0 Å². The first kappa shape index (κ1) is 20.5. The third-order valence-corrected chi connectivity index (χ3v) is 7.49. The van der Waals surface area contributed by atoms with Crippen molar-refractivity contribution < 1.29 is 18.7 Å². The topological polar surface area (TPSA) is 35.5 Å². The normalized spacial score (nSPS) is 15.2. The summed E-state index contributed by atoms with van der Waals surface area (Å²) >= 11 is 0. The highest BCUT2D eigenvalue weighted by Gasteiger charge is 2.34. The van der Waals surface area contributed by atoms with Crippen LogP contribution in [-0.4, -0.2) is 11.8 Å². The van der Waals surface area contributed by atoms with Gasteiger partial charge in [-0.05, 0) is 69.0 Å². The highest BCUT2D eigenvalue weighted by Crippen LogP contribution is 2.35. The quantitative estimate of drug-likeness (QED) is 0.258. The number of rotatable bonds is 5. The van der Waals surface area contributed by atoms with Crippen LogP contribution in [0.3, 0.4) is 0 Å². The second-order valence-electron chi connectivity index (χ2n) is 7.64. The number of benzene rings is 3. The average Bonchev–Trinajstić information content (AvgIpc) is 3.18. The molecule has 1 aliphatic rings. The molecule has 4 rings (SSSR count). The fourth-order valence-electron chi connectivity index (χ4n) is 3.75. The minimum atomic E-state index is -0.852. The molecule has 3 aromatic carbocycles. The molecule has 0 amide bonds. The Morgan fingerprint density at radius 3 is 2.00 bits per heavy atom. The highest BCUT2D eigenvalue weighted by molar-refractivity contribution is 7.97. The van der Waals surface area contributed by atoms with E-state index in [0.717, 1.165) is 40.4 Å². The van der Waals surface area contributed by atoms with Crippen molar-refractivity contribution in [3.8, 4) is 5.75 Å². The van der Waals surface area contributed by atoms with E-state index in [1.54, 1.807) is 12.1 Å². The van der Waals surface area contributed by atoms with E-state index in [-0.39, 0.29) is 5.75 Å². The van der Waals surface area contributed by atoms with E-state index in [1.165, 1.54) is 6.07 Å². The van der Waals surface area contributed by atoms with E-state index in [9.17, 15) is 9.18 Å². The van der Waals surface area contributed by atoms with E-state index in [2.05, 4.69) is 24.3 Å². The van der Waals surface area contributed by atoms with Gasteiger partial charge in [-0.15, -0.1) is 0 Å². The summed E-state index contributed by atoms with van der Waals surface area (Å²) < 4.78 is 25.3. The molecule has 0 atom stereocenters. The molecule has 154 valence electrons. The second kappa shape index (κ2) is 8.92. The lowest BCUT2D eigenvalue weighted by Crippen LogP contribution is -2.29. The summed E-state index contributed by atoms with van der Waals surface area (Å²) in [7, 11) is -0.459. The Morgan fingerprint density at radius 2 is 1.43 bits per heavy atom. The Kier molecular flexibility index (Phi) is 6.09. The molecule has 1 fully saturated rings. The van der Waals surface area contributed by atoms with Crippen molar-refractivity contribution >= 4 is 17.1 Å². The zero-order chi connectivity index (χ0) is 21.0. The molecule has 0 unspecified atom stereocenters. The first-order valence-corrected chi connectivity index (χ1v) is 11.3. The lowest BCUT2D eigenvalue weighted by molar-refractivity contribution is 0.00135. The molecule has 0 heterocycles. The number of carbonyl (C=O) groups excluding carboxylic acids is 1. The van der Waals surface area contributed by atoms with Crippen molar-refractivity contribution in [2.24, 2.45) is 0 Å². The molecule has 5 heteroatoms. The van der Waals surface area contributed by atoms with Crippen molar-refractivity contribution in [3.05, 3.63) is 84.7 Å². The monoisotopic (exact) mass is 423 g/mol. The first-order valence-electron chi connectivity index (χ1n) is 10.1. The van der Waals surface area contributed by atoms with Crippen molar-refractivity contribution in [1.29, 1.82) is 0 Å². The number of ether oxygens (including phenoxy) is 2. The largest absolute Gasteiger partial charge is 0.514 e. The third kappa shape index (κ3) is 4.68. The van der Waals surface area contributed by atoms with E-state index in [4.69, 9.17) is 9.47 Å². The van der Waals surface area contributed by atoms with Crippen molar-refractivity contribution in [1.82, 2.24) is 0 Å². The maximum Gasteiger partial charge on any atom is 0.514 e. The molecule has 0 saturated heterocycles. The van der Waals surface area contributed by atoms with Crippen LogP contribution in [0, 0.1) is 5.82 Å². The Labute approximate surface area is 179 Å². The summed E-state index contributed by atoms with van der Waals surface area (Å²) in [5.74, 6) is -0.694. The van der Waals surface area contributed by atoms with Crippen molar-refractivity contribution in [2.45, 2.75) is 52.9 Å². The van der Waals surface area contributed by atoms with Crippen LogP contribution < -0.4 is 4.74 Å². The van der Waals surface area contributed by atoms with E-state index in [1.807, 2.05) is 43.3 Å². The van der Waals surface area contributed by atoms with Gasteiger partial charge in [0, 0.05) is 6.07 Å². The van der Waals surface area contributed by atoms with Gasteiger partial charge in [0.2, 0.25) is 0 Å². The van der Waals surface area contributed by atoms with E-state index < -0.39 is 28.5 Å². The van der Waals surface area contributed by atoms with Crippen LogP contribution in [0.25, 0.3) is 0 Å². The van der Waals surface area contributed by atoms with Crippen LogP contribution in [0.4, 0.5) is 9.18 Å². The van der Waals surface area contributed by atoms with Gasteiger partial charge in [-0.2, -0.15) is 0 Å². The van der Waals surface area contributed by atoms with Gasteiger partial charge in [-0.3, -0.25) is 0 Å². The Hall–Kier alpha value is -2.79. The molecular formula is C25H24FO3S+. The molecule has 0 bridgehead atoms. The summed E-state index contributed by atoms with van der Waals surface area (Å²) in [5.41, 5.74) is -0.524. The van der Waals surface area contributed by atoms with Gasteiger partial charge in [0.15, 0.2) is 26.3 Å². The molecule has 0 N–H and O–H groups in total. The van der Waals surface area contributed by atoms with E-state index in [0.29, 0.717) is 0 Å². The zero-order valence-electron chi connectivity index (χ0n) is 16.8. The third-order valence-electron chi connectivity index (χ3n) is 5.28. The van der Waals surface area contributed by atoms with Crippen LogP contribution in [0.1, 0.15) is 32.6 Å². The number of hydrogen-bond donors (Lipinski definition) is 0. The molecule has 30 heavy (non-hydrogen) atoms. The number of hydrogen-bond acceptors (Lipinski definition) is 3. The molecule has 3 aromatic rings. The summed E-state index contributed by atoms with van der Waals surface area (Å²) in [6.45, 7) is 1.90. The Morgan fingerprint density at radius 1 is 0.867 bits per heavy atom. The van der Waals surface area contributed by atoms with Crippen LogP contribution in [0.5, 0.6) is 5.75 Å². The van der Waals surface area contributed by atoms with Gasteiger partial charge in [0.1, 0.15) is 5.60 Å². The Bertz CT molecular complexity index is 962. The molecule has 1 aliphatic carbocycles. The van der Waals surface area contributed by atoms with Gasteiger partial charge >= 0.3 is 6.16 Å². The van der Waals surface area contributed by atoms with Crippen LogP contribution >= 0.6 is 0 Å². The van der Waals surface area contributed by atoms with Gasteiger partial charge in [0.05, 0.1) is 10.9 Å². The minimum absolute atomic E-state index is 0.108. The predicted molar refractivity (Wildman–Crippen MR) is 115 cm³/mol. The fraction of sp³-hybridized carbons (Fsp3) is 0.240. The van der Waals surface area contributed by atoms with Gasteiger partial charge in [-0.1, -0.05) is 36.4 Å². The second-order valence-corrected chi connectivity index (χ2v) is 9.66. The smallest absolute Gasteiger partial charge is 0.428 e. The molecule has 0 aromatic heterocycles. The molecule has 3 nitrogen and oxygen atoms in total. The first-order chi connectivity index (χ1) is 14.5. The van der Waals surface area contributed by atoms with E-state index >= 15 is 0 Å². The SMILES string of the molecule is CC1(OC(=O)Oc2cc([S+](c3ccccc3)c3ccccc3)ccc2F)CCCC1. The molecule has 0 aliphatic heterocycles. The Balaban J connectivity index is 1.64. The maximum absolute atomic E-state index is 14.5. The molecular weight excluding hydrogens is 399 g/mol. The van der Waals surface area contributed by atoms with Crippen molar-refractivity contribution in [2.75, 3.05) is 0 Å². The average molecular weight is 424 g/mol. The fourth-order valence-corrected chi connectivity index (χ4v) is 5.85. The zero-order valence-corrected chi connectivity index (χ0v) is 17.7. The molecule has 0 spiro atoms. The van der Waals surface area contributed by atoms with Crippen LogP contribution in [0.15, 0.2) is 93.5 Å². The predicted octanol–water partition coefficient (Wildman–Crippen LogP) is 6.77. The summed E-state index contributed by atoms with van der Waals surface area (Å²) in [4.78, 5) is 15.4. The standard InChI is InChI=1S/C25H24FO3S/c1-25(16-8-9-17-25)29-24(27)28-23-18-21(14-15-22(23)26)30(19-10-4-2-5-11-19)20-12-6-3-7-13-20/h2-7,10-15,18H,8-9,16-17H2,1H3/q+1. The summed E-state index contributed by atoms with van der Waals surface area (Å²) in [6, 6.07) is 24.8. The van der Waals surface area contributed by atoms with Gasteiger partial charge in [-0.25, -0.2) is 9.18 Å². The lowest BCUT2D eigenvalue weighted by Gasteiger charge is -2.23. The lowest BCUT2D eigenvalue weighted by atomic mass is 10.1. The molecule has 1 saturated carbocycles. The van der Waals surface area contributed by atoms with Crippen LogP contribution in [-0.2, 0) is 15.6 Å². The molecule has 0 radical (unpaired) electrons. The maximum atomic E-state index is 14.5. The summed E-state index contributed by atoms with van der Waals surface area (Å²) in [5, 5.41) is 0. The number of carbonyl (C=O) groups is 1. The summed E-state index contributed by atoms with van der Waals surface area (Å²) in [6.07, 6.45) is 2.79.